The van der Waals surface area contributed by atoms with Crippen LogP contribution >= 0.6 is 0 Å². The predicted molar refractivity (Wildman–Crippen MR) is 93.7 cm³/mol. The van der Waals surface area contributed by atoms with E-state index in [2.05, 4.69) is 35.4 Å². The largest absolute Gasteiger partial charge is 0.493 e. The normalized spacial score (nSPS) is 21.4. The Morgan fingerprint density at radius 1 is 1.32 bits per heavy atom. The molecule has 1 aromatic heterocycles. The van der Waals surface area contributed by atoms with E-state index in [4.69, 9.17) is 9.47 Å². The van der Waals surface area contributed by atoms with Crippen LogP contribution < -0.4 is 10.1 Å². The van der Waals surface area contributed by atoms with E-state index in [9.17, 15) is 4.79 Å². The van der Waals surface area contributed by atoms with Crippen LogP contribution in [0.2, 0.25) is 0 Å². The second-order valence-corrected chi connectivity index (χ2v) is 7.36. The maximum atomic E-state index is 12.5. The Labute approximate surface area is 146 Å². The molecule has 2 aromatic rings. The van der Waals surface area contributed by atoms with Gasteiger partial charge in [-0.3, -0.25) is 9.89 Å². The van der Waals surface area contributed by atoms with Gasteiger partial charge in [-0.1, -0.05) is 0 Å². The van der Waals surface area contributed by atoms with Crippen molar-refractivity contribution in [1.82, 2.24) is 15.5 Å². The topological polar surface area (TPSA) is 76.2 Å². The third-order valence-corrected chi connectivity index (χ3v) is 4.84. The molecule has 25 heavy (non-hydrogen) atoms. The van der Waals surface area contributed by atoms with Crippen molar-refractivity contribution in [2.45, 2.75) is 44.8 Å². The van der Waals surface area contributed by atoms with Crippen LogP contribution in [0.4, 0.5) is 0 Å². The van der Waals surface area contributed by atoms with Crippen molar-refractivity contribution >= 4 is 5.91 Å². The number of amides is 1. The molecule has 6 heteroatoms. The maximum absolute atomic E-state index is 12.5. The molecule has 6 nitrogen and oxygen atoms in total. The van der Waals surface area contributed by atoms with Crippen LogP contribution in [0.3, 0.4) is 0 Å². The molecule has 0 bridgehead atoms. The molecule has 1 atom stereocenters. The highest BCUT2D eigenvalue weighted by molar-refractivity contribution is 5.93. The number of aromatic nitrogens is 2. The summed E-state index contributed by atoms with van der Waals surface area (Å²) >= 11 is 0. The molecule has 4 rings (SSSR count). The number of hydrogen-bond acceptors (Lipinski definition) is 4. The Morgan fingerprint density at radius 2 is 2.20 bits per heavy atom. The lowest BCUT2D eigenvalue weighted by molar-refractivity contribution is -0.0615. The van der Waals surface area contributed by atoms with E-state index >= 15 is 0 Å². The number of nitrogens with zero attached hydrogens (tertiary/aromatic N) is 1. The standard InChI is InChI=1S/C19H23N3O3/c1-19(2)11-14(6-8-25-19)20-18(23)16-10-15(21-22-16)12-3-4-17-13(9-12)5-7-24-17/h3-4,9-10,14H,5-8,11H2,1-2H3,(H,20,23)(H,21,22). The van der Waals surface area contributed by atoms with Crippen molar-refractivity contribution < 1.29 is 14.3 Å². The van der Waals surface area contributed by atoms with Crippen molar-refractivity contribution in [2.75, 3.05) is 13.2 Å². The van der Waals surface area contributed by atoms with E-state index in [0.717, 1.165) is 42.9 Å². The molecule has 1 unspecified atom stereocenters. The van der Waals surface area contributed by atoms with Crippen LogP contribution in [-0.2, 0) is 11.2 Å². The molecule has 0 saturated carbocycles. The Balaban J connectivity index is 1.46. The highest BCUT2D eigenvalue weighted by Gasteiger charge is 2.30. The molecule has 1 saturated heterocycles. The summed E-state index contributed by atoms with van der Waals surface area (Å²) in [4.78, 5) is 12.5. The molecule has 0 radical (unpaired) electrons. The Morgan fingerprint density at radius 3 is 3.04 bits per heavy atom. The van der Waals surface area contributed by atoms with Crippen molar-refractivity contribution in [3.8, 4) is 17.0 Å². The Hall–Kier alpha value is -2.34. The summed E-state index contributed by atoms with van der Waals surface area (Å²) < 4.78 is 11.2. The number of carbonyl (C=O) groups is 1. The molecule has 2 N–H and O–H groups in total. The highest BCUT2D eigenvalue weighted by atomic mass is 16.5. The number of ether oxygens (including phenoxy) is 2. The van der Waals surface area contributed by atoms with E-state index in [1.54, 1.807) is 6.07 Å². The van der Waals surface area contributed by atoms with Gasteiger partial charge in [0.2, 0.25) is 0 Å². The van der Waals surface area contributed by atoms with Gasteiger partial charge in [0.15, 0.2) is 0 Å². The number of nitrogens with one attached hydrogen (secondary N) is 2. The fraction of sp³-hybridized carbons (Fsp3) is 0.474. The van der Waals surface area contributed by atoms with E-state index in [-0.39, 0.29) is 17.6 Å². The summed E-state index contributed by atoms with van der Waals surface area (Å²) in [5, 5.41) is 10.2. The van der Waals surface area contributed by atoms with Gasteiger partial charge in [-0.2, -0.15) is 5.10 Å². The van der Waals surface area contributed by atoms with Gasteiger partial charge in [0.25, 0.3) is 5.91 Å². The first kappa shape index (κ1) is 16.1. The molecular weight excluding hydrogens is 318 g/mol. The van der Waals surface area contributed by atoms with Crippen LogP contribution in [0.1, 0.15) is 42.7 Å². The first-order valence-electron chi connectivity index (χ1n) is 8.76. The monoisotopic (exact) mass is 341 g/mol. The summed E-state index contributed by atoms with van der Waals surface area (Å²) in [6.45, 7) is 5.51. The summed E-state index contributed by atoms with van der Waals surface area (Å²) in [6.07, 6.45) is 2.56. The quantitative estimate of drug-likeness (QED) is 0.900. The SMILES string of the molecule is CC1(C)CC(NC(=O)c2cc(-c3ccc4c(c3)CCO4)n[nH]2)CCO1. The Bertz CT molecular complexity index is 797. The van der Waals surface area contributed by atoms with Crippen LogP contribution in [-0.4, -0.2) is 41.0 Å². The van der Waals surface area contributed by atoms with Gasteiger partial charge >= 0.3 is 0 Å². The van der Waals surface area contributed by atoms with E-state index in [1.807, 2.05) is 12.1 Å². The zero-order valence-electron chi connectivity index (χ0n) is 14.6. The first-order chi connectivity index (χ1) is 12.0. The predicted octanol–water partition coefficient (Wildman–Crippen LogP) is 2.70. The molecule has 1 fully saturated rings. The van der Waals surface area contributed by atoms with Gasteiger partial charge in [-0.05, 0) is 56.5 Å². The molecule has 1 aromatic carbocycles. The lowest BCUT2D eigenvalue weighted by Gasteiger charge is -2.35. The van der Waals surface area contributed by atoms with Crippen molar-refractivity contribution in [1.29, 1.82) is 0 Å². The number of rotatable bonds is 3. The van der Waals surface area contributed by atoms with Gasteiger partial charge < -0.3 is 14.8 Å². The third-order valence-electron chi connectivity index (χ3n) is 4.84. The van der Waals surface area contributed by atoms with Crippen molar-refractivity contribution in [2.24, 2.45) is 0 Å². The lowest BCUT2D eigenvalue weighted by atomic mass is 9.94. The van der Waals surface area contributed by atoms with Crippen LogP contribution in [0.25, 0.3) is 11.3 Å². The second-order valence-electron chi connectivity index (χ2n) is 7.36. The number of aromatic amines is 1. The Kier molecular flexibility index (Phi) is 4.00. The minimum atomic E-state index is -0.193. The van der Waals surface area contributed by atoms with Gasteiger partial charge in [0, 0.05) is 24.6 Å². The van der Waals surface area contributed by atoms with E-state index < -0.39 is 0 Å². The zero-order chi connectivity index (χ0) is 17.4. The number of fused-ring (bicyclic) bond motifs is 1. The smallest absolute Gasteiger partial charge is 0.269 e. The summed E-state index contributed by atoms with van der Waals surface area (Å²) in [6, 6.07) is 7.96. The highest BCUT2D eigenvalue weighted by Crippen LogP contribution is 2.30. The molecule has 2 aliphatic rings. The number of carbonyl (C=O) groups excluding carboxylic acids is 1. The molecule has 1 amide bonds. The third kappa shape index (κ3) is 3.39. The van der Waals surface area contributed by atoms with Gasteiger partial charge in [-0.15, -0.1) is 0 Å². The van der Waals surface area contributed by atoms with Crippen LogP contribution in [0.5, 0.6) is 5.75 Å². The second kappa shape index (κ2) is 6.19. The van der Waals surface area contributed by atoms with Gasteiger partial charge in [0.1, 0.15) is 11.4 Å². The van der Waals surface area contributed by atoms with Crippen molar-refractivity contribution in [3.05, 3.63) is 35.5 Å². The molecule has 0 spiro atoms. The molecule has 2 aliphatic heterocycles. The van der Waals surface area contributed by atoms with Gasteiger partial charge in [0.05, 0.1) is 17.9 Å². The number of hydrogen-bond donors (Lipinski definition) is 2. The summed E-state index contributed by atoms with van der Waals surface area (Å²) in [7, 11) is 0. The first-order valence-corrected chi connectivity index (χ1v) is 8.76. The molecule has 0 aliphatic carbocycles. The summed E-state index contributed by atoms with van der Waals surface area (Å²) in [5.74, 6) is 0.824. The van der Waals surface area contributed by atoms with Crippen molar-refractivity contribution in [3.63, 3.8) is 0 Å². The average Bonchev–Trinajstić information content (AvgIpc) is 3.22. The fourth-order valence-corrected chi connectivity index (χ4v) is 3.55. The molecular formula is C19H23N3O3. The number of benzene rings is 1. The van der Waals surface area contributed by atoms with Gasteiger partial charge in [-0.25, -0.2) is 0 Å². The zero-order valence-corrected chi connectivity index (χ0v) is 14.6. The minimum Gasteiger partial charge on any atom is -0.493 e. The molecule has 132 valence electrons. The van der Waals surface area contributed by atoms with E-state index in [1.165, 1.54) is 5.56 Å². The fourth-order valence-electron chi connectivity index (χ4n) is 3.55. The summed E-state index contributed by atoms with van der Waals surface area (Å²) in [5.41, 5.74) is 3.24. The number of H-pyrrole nitrogens is 1. The maximum Gasteiger partial charge on any atom is 0.269 e. The van der Waals surface area contributed by atoms with Crippen LogP contribution in [0, 0.1) is 0 Å². The molecule has 3 heterocycles. The average molecular weight is 341 g/mol. The lowest BCUT2D eigenvalue weighted by Crippen LogP contribution is -2.45. The van der Waals surface area contributed by atoms with E-state index in [0.29, 0.717) is 12.3 Å². The minimum absolute atomic E-state index is 0.119. The van der Waals surface area contributed by atoms with Crippen LogP contribution in [0.15, 0.2) is 24.3 Å².